The Balaban J connectivity index is 2.32. The van der Waals surface area contributed by atoms with Gasteiger partial charge in [-0.3, -0.25) is 4.90 Å². The second-order valence-electron chi connectivity index (χ2n) is 2.48. The van der Waals surface area contributed by atoms with E-state index in [1.807, 2.05) is 4.90 Å². The summed E-state index contributed by atoms with van der Waals surface area (Å²) in [7, 11) is 0. The second-order valence-corrected chi connectivity index (χ2v) is 3.00. The molecule has 0 saturated carbocycles. The molecule has 1 saturated heterocycles. The Morgan fingerprint density at radius 2 is 1.82 bits per heavy atom. The minimum Gasteiger partial charge on any atom is -0.379 e. The van der Waals surface area contributed by atoms with E-state index in [0.717, 1.165) is 0 Å². The molecule has 0 aliphatic carbocycles. The fourth-order valence-electron chi connectivity index (χ4n) is 1.03. The van der Waals surface area contributed by atoms with Gasteiger partial charge in [-0.25, -0.2) is 0 Å². The molecule has 0 aromatic rings. The zero-order valence-electron chi connectivity index (χ0n) is 6.18. The summed E-state index contributed by atoms with van der Waals surface area (Å²) in [6.45, 7) is 2.71. The molecule has 1 heterocycles. The third kappa shape index (κ3) is 2.61. The molecule has 1 atom stereocenters. The number of nitrogens with zero attached hydrogens (tertiary/aromatic N) is 1. The Labute approximate surface area is 71.2 Å². The largest absolute Gasteiger partial charge is 0.379 e. The molecule has 1 aliphatic heterocycles. The Kier molecular flexibility index (Phi) is 3.61. The van der Waals surface area contributed by atoms with E-state index in [0.29, 0.717) is 26.3 Å². The molecule has 4 nitrogen and oxygen atoms in total. The lowest BCUT2D eigenvalue weighted by atomic mass is 10.4. The minimum atomic E-state index is -1.38. The van der Waals surface area contributed by atoms with Crippen LogP contribution in [-0.4, -0.2) is 53.1 Å². The highest BCUT2D eigenvalue weighted by molar-refractivity contribution is 7.80. The molecule has 0 aromatic heterocycles. The first kappa shape index (κ1) is 9.28. The lowest BCUT2D eigenvalue weighted by Crippen LogP contribution is -2.46. The van der Waals surface area contributed by atoms with E-state index in [4.69, 9.17) is 14.9 Å². The fourth-order valence-corrected chi connectivity index (χ4v) is 1.26. The van der Waals surface area contributed by atoms with Crippen molar-refractivity contribution in [1.82, 2.24) is 4.90 Å². The maximum Gasteiger partial charge on any atom is 0.176 e. The van der Waals surface area contributed by atoms with E-state index in [2.05, 4.69) is 12.6 Å². The topological polar surface area (TPSA) is 52.9 Å². The summed E-state index contributed by atoms with van der Waals surface area (Å²) in [5.41, 5.74) is 0. The number of ether oxygens (including phenoxy) is 1. The van der Waals surface area contributed by atoms with Crippen molar-refractivity contribution in [2.45, 2.75) is 11.7 Å². The van der Waals surface area contributed by atoms with Gasteiger partial charge in [0.05, 0.1) is 13.2 Å². The van der Waals surface area contributed by atoms with Crippen LogP contribution in [0.25, 0.3) is 0 Å². The van der Waals surface area contributed by atoms with Gasteiger partial charge in [-0.15, -0.1) is 0 Å². The monoisotopic (exact) mass is 179 g/mol. The summed E-state index contributed by atoms with van der Waals surface area (Å²) in [6, 6.07) is 0. The quantitative estimate of drug-likeness (QED) is 0.371. The second kappa shape index (κ2) is 4.27. The zero-order valence-corrected chi connectivity index (χ0v) is 7.07. The number of morpholine rings is 1. The first-order valence-corrected chi connectivity index (χ1v) is 4.09. The number of aliphatic hydroxyl groups excluding tert-OH is 1. The smallest absolute Gasteiger partial charge is 0.176 e. The first-order chi connectivity index (χ1) is 5.22. The molecule has 5 heteroatoms. The van der Waals surface area contributed by atoms with Gasteiger partial charge in [0.25, 0.3) is 0 Å². The van der Waals surface area contributed by atoms with Crippen molar-refractivity contribution in [2.24, 2.45) is 0 Å². The van der Waals surface area contributed by atoms with E-state index in [9.17, 15) is 0 Å². The molecule has 11 heavy (non-hydrogen) atoms. The standard InChI is InChI=1S/C6H13NO3S/c8-6(9)5(11)7-1-3-10-4-2-7/h5-6,8-9,11H,1-4H2. The van der Waals surface area contributed by atoms with Gasteiger partial charge in [-0.1, -0.05) is 0 Å². The van der Waals surface area contributed by atoms with Crippen molar-refractivity contribution in [2.75, 3.05) is 26.3 Å². The van der Waals surface area contributed by atoms with E-state index in [1.165, 1.54) is 0 Å². The predicted molar refractivity (Wildman–Crippen MR) is 43.4 cm³/mol. The van der Waals surface area contributed by atoms with Gasteiger partial charge in [-0.2, -0.15) is 12.6 Å². The van der Waals surface area contributed by atoms with Crippen molar-refractivity contribution < 1.29 is 14.9 Å². The normalized spacial score (nSPS) is 24.0. The van der Waals surface area contributed by atoms with Crippen LogP contribution in [0.15, 0.2) is 0 Å². The zero-order chi connectivity index (χ0) is 8.27. The van der Waals surface area contributed by atoms with Crippen molar-refractivity contribution in [1.29, 1.82) is 0 Å². The van der Waals surface area contributed by atoms with Crippen LogP contribution in [0, 0.1) is 0 Å². The third-order valence-electron chi connectivity index (χ3n) is 1.69. The van der Waals surface area contributed by atoms with Gasteiger partial charge in [0.15, 0.2) is 6.29 Å². The minimum absolute atomic E-state index is 0.487. The van der Waals surface area contributed by atoms with Crippen LogP contribution >= 0.6 is 12.6 Å². The van der Waals surface area contributed by atoms with Crippen LogP contribution in [0.3, 0.4) is 0 Å². The summed E-state index contributed by atoms with van der Waals surface area (Å²) in [5, 5.41) is 17.1. The van der Waals surface area contributed by atoms with Crippen molar-refractivity contribution in [3.05, 3.63) is 0 Å². The molecule has 1 unspecified atom stereocenters. The van der Waals surface area contributed by atoms with Crippen molar-refractivity contribution >= 4 is 12.6 Å². The van der Waals surface area contributed by atoms with Crippen molar-refractivity contribution in [3.8, 4) is 0 Å². The van der Waals surface area contributed by atoms with Crippen LogP contribution in [0.5, 0.6) is 0 Å². The molecule has 0 spiro atoms. The summed E-state index contributed by atoms with van der Waals surface area (Å²) in [6.07, 6.45) is -1.38. The molecular formula is C6H13NO3S. The first-order valence-electron chi connectivity index (χ1n) is 3.58. The Hall–Kier alpha value is 0.190. The average molecular weight is 179 g/mol. The Bertz CT molecular complexity index is 116. The van der Waals surface area contributed by atoms with Crippen LogP contribution in [0.1, 0.15) is 0 Å². The molecule has 1 fully saturated rings. The molecular weight excluding hydrogens is 166 g/mol. The molecule has 2 N–H and O–H groups in total. The van der Waals surface area contributed by atoms with Gasteiger partial charge in [0.2, 0.25) is 0 Å². The van der Waals surface area contributed by atoms with Gasteiger partial charge < -0.3 is 14.9 Å². The maximum absolute atomic E-state index is 8.77. The molecule has 0 radical (unpaired) electrons. The molecule has 0 amide bonds. The summed E-state index contributed by atoms with van der Waals surface area (Å²) in [4.78, 5) is 1.87. The average Bonchev–Trinajstić information content (AvgIpc) is 2.05. The predicted octanol–water partition coefficient (Wildman–Crippen LogP) is -1.11. The van der Waals surface area contributed by atoms with Crippen LogP contribution in [-0.2, 0) is 4.74 Å². The molecule has 1 aliphatic rings. The van der Waals surface area contributed by atoms with Crippen molar-refractivity contribution in [3.63, 3.8) is 0 Å². The SMILES string of the molecule is OC(O)C(S)N1CCOCC1. The summed E-state index contributed by atoms with van der Waals surface area (Å²) >= 11 is 4.04. The molecule has 1 rings (SSSR count). The number of rotatable bonds is 2. The van der Waals surface area contributed by atoms with E-state index < -0.39 is 11.7 Å². The van der Waals surface area contributed by atoms with Gasteiger partial charge >= 0.3 is 0 Å². The lowest BCUT2D eigenvalue weighted by molar-refractivity contribution is -0.0877. The van der Waals surface area contributed by atoms with Gasteiger partial charge in [0.1, 0.15) is 5.37 Å². The van der Waals surface area contributed by atoms with Crippen LogP contribution < -0.4 is 0 Å². The summed E-state index contributed by atoms with van der Waals surface area (Å²) in [5.74, 6) is 0. The molecule has 0 aromatic carbocycles. The number of hydrogen-bond acceptors (Lipinski definition) is 5. The van der Waals surface area contributed by atoms with Crippen LogP contribution in [0.4, 0.5) is 0 Å². The number of thiol groups is 1. The highest BCUT2D eigenvalue weighted by Gasteiger charge is 2.22. The number of hydrogen-bond donors (Lipinski definition) is 3. The molecule has 0 bridgehead atoms. The van der Waals surface area contributed by atoms with Gasteiger partial charge in [-0.05, 0) is 0 Å². The van der Waals surface area contributed by atoms with Crippen LogP contribution in [0.2, 0.25) is 0 Å². The molecule has 66 valence electrons. The highest BCUT2D eigenvalue weighted by atomic mass is 32.1. The third-order valence-corrected chi connectivity index (χ3v) is 2.28. The summed E-state index contributed by atoms with van der Waals surface area (Å²) < 4.78 is 5.09. The Morgan fingerprint density at radius 1 is 1.27 bits per heavy atom. The van der Waals surface area contributed by atoms with E-state index in [1.54, 1.807) is 0 Å². The van der Waals surface area contributed by atoms with E-state index >= 15 is 0 Å². The number of aliphatic hydroxyl groups is 2. The lowest BCUT2D eigenvalue weighted by Gasteiger charge is -2.32. The maximum atomic E-state index is 8.77. The van der Waals surface area contributed by atoms with E-state index in [-0.39, 0.29) is 0 Å². The highest BCUT2D eigenvalue weighted by Crippen LogP contribution is 2.09. The fraction of sp³-hybridized carbons (Fsp3) is 1.00. The Morgan fingerprint density at radius 3 is 2.27 bits per heavy atom. The van der Waals surface area contributed by atoms with Gasteiger partial charge in [0, 0.05) is 13.1 Å².